The number of anilines is 1. The molecule has 0 radical (unpaired) electrons. The van der Waals surface area contributed by atoms with Crippen LogP contribution in [0.4, 0.5) is 5.69 Å². The van der Waals surface area contributed by atoms with Crippen molar-refractivity contribution >= 4 is 28.3 Å². The quantitative estimate of drug-likeness (QED) is 0.511. The molecule has 8 heteroatoms. The van der Waals surface area contributed by atoms with Gasteiger partial charge in [0.05, 0.1) is 23.4 Å². The molecule has 0 spiro atoms. The minimum absolute atomic E-state index is 0.272. The second-order valence-corrected chi connectivity index (χ2v) is 10.3. The number of benzene rings is 2. The van der Waals surface area contributed by atoms with E-state index in [2.05, 4.69) is 15.7 Å². The minimum Gasteiger partial charge on any atom is -0.349 e. The maximum atomic E-state index is 13.2. The zero-order chi connectivity index (χ0) is 25.0. The van der Waals surface area contributed by atoms with Crippen molar-refractivity contribution < 1.29 is 13.8 Å². The first-order valence-electron chi connectivity index (χ1n) is 11.2. The Bertz CT molecular complexity index is 1230. The van der Waals surface area contributed by atoms with E-state index in [0.717, 1.165) is 22.4 Å². The highest BCUT2D eigenvalue weighted by Crippen LogP contribution is 2.21. The van der Waals surface area contributed by atoms with E-state index >= 15 is 0 Å². The van der Waals surface area contributed by atoms with Crippen molar-refractivity contribution in [3.63, 3.8) is 0 Å². The fourth-order valence-electron chi connectivity index (χ4n) is 3.89. The van der Waals surface area contributed by atoms with Crippen LogP contribution in [0.15, 0.2) is 42.6 Å². The third-order valence-electron chi connectivity index (χ3n) is 5.68. The van der Waals surface area contributed by atoms with Gasteiger partial charge in [0.15, 0.2) is 0 Å². The summed E-state index contributed by atoms with van der Waals surface area (Å²) in [5, 5.41) is 10.3. The predicted octanol–water partition coefficient (Wildman–Crippen LogP) is 3.91. The van der Waals surface area contributed by atoms with E-state index in [4.69, 9.17) is 0 Å². The molecule has 0 fully saturated rings. The number of carbonyl (C=O) groups is 2. The molecule has 0 saturated carbocycles. The number of amides is 2. The van der Waals surface area contributed by atoms with Crippen molar-refractivity contribution in [2.24, 2.45) is 0 Å². The summed E-state index contributed by atoms with van der Waals surface area (Å²) >= 11 is 0. The van der Waals surface area contributed by atoms with Gasteiger partial charge in [0.2, 0.25) is 0 Å². The van der Waals surface area contributed by atoms with Gasteiger partial charge in [-0.3, -0.25) is 18.5 Å². The molecule has 3 rings (SSSR count). The molecule has 0 aliphatic rings. The van der Waals surface area contributed by atoms with Gasteiger partial charge in [0.25, 0.3) is 11.8 Å². The summed E-state index contributed by atoms with van der Waals surface area (Å²) in [5.74, 6) is -0.352. The van der Waals surface area contributed by atoms with Gasteiger partial charge >= 0.3 is 0 Å². The predicted molar refractivity (Wildman–Crippen MR) is 137 cm³/mol. The van der Waals surface area contributed by atoms with Crippen LogP contribution in [0, 0.1) is 27.7 Å². The van der Waals surface area contributed by atoms with Crippen molar-refractivity contribution in [1.29, 1.82) is 0 Å². The summed E-state index contributed by atoms with van der Waals surface area (Å²) in [6, 6.07) is 10.8. The van der Waals surface area contributed by atoms with Gasteiger partial charge in [0, 0.05) is 40.7 Å². The van der Waals surface area contributed by atoms with Gasteiger partial charge < -0.3 is 10.6 Å². The fraction of sp³-hybridized carbons (Fsp3) is 0.346. The molecular weight excluding hydrogens is 448 g/mol. The topological polar surface area (TPSA) is 93.1 Å². The van der Waals surface area contributed by atoms with Crippen molar-refractivity contribution in [2.75, 3.05) is 17.3 Å². The van der Waals surface area contributed by atoms with Crippen LogP contribution in [0.2, 0.25) is 0 Å². The van der Waals surface area contributed by atoms with Gasteiger partial charge in [-0.25, -0.2) is 0 Å². The van der Waals surface area contributed by atoms with Crippen molar-refractivity contribution in [3.8, 4) is 0 Å². The third-order valence-corrected chi connectivity index (χ3v) is 6.65. The standard InChI is InChI=1S/C26H32N4O3S/c1-16-8-7-9-22(24(16)26(32)27-19(4)15-34(6)33)25(31)28-23-11-10-21(12-17(23)2)14-30-13-18(3)20(5)29-30/h7-13,19H,14-15H2,1-6H3,(H,27,32)(H,28,31). The molecule has 0 bridgehead atoms. The van der Waals surface area contributed by atoms with Crippen LogP contribution < -0.4 is 10.6 Å². The van der Waals surface area contributed by atoms with Crippen molar-refractivity contribution in [1.82, 2.24) is 15.1 Å². The number of hydrogen-bond acceptors (Lipinski definition) is 4. The third kappa shape index (κ3) is 6.20. The Morgan fingerprint density at radius 1 is 1.03 bits per heavy atom. The first-order chi connectivity index (χ1) is 16.0. The second kappa shape index (κ2) is 10.8. The van der Waals surface area contributed by atoms with Crippen molar-refractivity contribution in [2.45, 2.75) is 47.2 Å². The molecule has 0 aliphatic heterocycles. The van der Waals surface area contributed by atoms with E-state index in [0.29, 0.717) is 34.7 Å². The summed E-state index contributed by atoms with van der Waals surface area (Å²) in [6.07, 6.45) is 3.61. The lowest BCUT2D eigenvalue weighted by atomic mass is 10.00. The maximum Gasteiger partial charge on any atom is 0.256 e. The largest absolute Gasteiger partial charge is 0.349 e. The molecule has 1 aromatic heterocycles. The van der Waals surface area contributed by atoms with Crippen LogP contribution in [0.3, 0.4) is 0 Å². The molecule has 2 amide bonds. The molecule has 0 saturated heterocycles. The van der Waals surface area contributed by atoms with E-state index in [1.807, 2.05) is 49.8 Å². The molecule has 180 valence electrons. The van der Waals surface area contributed by atoms with E-state index in [1.165, 1.54) is 0 Å². The molecule has 2 aromatic carbocycles. The summed E-state index contributed by atoms with van der Waals surface area (Å²) in [7, 11) is -1.03. The molecule has 34 heavy (non-hydrogen) atoms. The SMILES string of the molecule is Cc1cc(Cn2cc(C)c(C)n2)ccc1NC(=O)c1cccc(C)c1C(=O)NC(C)CS(C)=O. The highest BCUT2D eigenvalue weighted by atomic mass is 32.2. The number of rotatable bonds is 8. The summed E-state index contributed by atoms with van der Waals surface area (Å²) in [6.45, 7) is 10.2. The lowest BCUT2D eigenvalue weighted by Gasteiger charge is -2.17. The van der Waals surface area contributed by atoms with Crippen LogP contribution in [0.1, 0.15) is 55.6 Å². The number of carbonyl (C=O) groups excluding carboxylic acids is 2. The number of aromatic nitrogens is 2. The molecule has 7 nitrogen and oxygen atoms in total. The van der Waals surface area contributed by atoms with Gasteiger partial charge in [-0.05, 0) is 69.0 Å². The molecule has 1 heterocycles. The minimum atomic E-state index is -1.03. The van der Waals surface area contributed by atoms with E-state index in [9.17, 15) is 13.8 Å². The Hall–Kier alpha value is -3.26. The van der Waals surface area contributed by atoms with Crippen LogP contribution in [0.25, 0.3) is 0 Å². The molecule has 3 aromatic rings. The summed E-state index contributed by atoms with van der Waals surface area (Å²) < 4.78 is 13.4. The normalized spacial score (nSPS) is 12.8. The number of nitrogens with zero attached hydrogens (tertiary/aromatic N) is 2. The van der Waals surface area contributed by atoms with Crippen LogP contribution in [0.5, 0.6) is 0 Å². The molecule has 2 N–H and O–H groups in total. The molecule has 2 unspecified atom stereocenters. The Morgan fingerprint density at radius 2 is 1.76 bits per heavy atom. The lowest BCUT2D eigenvalue weighted by molar-refractivity contribution is 0.0930. The van der Waals surface area contributed by atoms with Gasteiger partial charge in [-0.2, -0.15) is 5.10 Å². The van der Waals surface area contributed by atoms with Gasteiger partial charge in [-0.15, -0.1) is 0 Å². The Balaban J connectivity index is 1.78. The highest BCUT2D eigenvalue weighted by molar-refractivity contribution is 7.84. The second-order valence-electron chi connectivity index (χ2n) is 8.81. The Kier molecular flexibility index (Phi) is 8.04. The van der Waals surface area contributed by atoms with Crippen molar-refractivity contribution in [3.05, 3.63) is 81.7 Å². The highest BCUT2D eigenvalue weighted by Gasteiger charge is 2.21. The average molecular weight is 481 g/mol. The first-order valence-corrected chi connectivity index (χ1v) is 12.9. The molecule has 0 aliphatic carbocycles. The van der Waals surface area contributed by atoms with Gasteiger partial charge in [-0.1, -0.05) is 24.3 Å². The van der Waals surface area contributed by atoms with E-state index in [-0.39, 0.29) is 17.9 Å². The number of aryl methyl sites for hydroxylation is 4. The lowest BCUT2D eigenvalue weighted by Crippen LogP contribution is -2.37. The molecular formula is C26H32N4O3S. The Morgan fingerprint density at radius 3 is 2.38 bits per heavy atom. The molecule has 2 atom stereocenters. The Labute approximate surface area is 203 Å². The van der Waals surface area contributed by atoms with E-state index < -0.39 is 10.8 Å². The van der Waals surface area contributed by atoms with Crippen LogP contribution >= 0.6 is 0 Å². The number of nitrogens with one attached hydrogen (secondary N) is 2. The van der Waals surface area contributed by atoms with E-state index in [1.54, 1.807) is 38.3 Å². The zero-order valence-corrected chi connectivity index (χ0v) is 21.4. The maximum absolute atomic E-state index is 13.2. The van der Waals surface area contributed by atoms with Gasteiger partial charge in [0.1, 0.15) is 0 Å². The smallest absolute Gasteiger partial charge is 0.256 e. The van der Waals surface area contributed by atoms with Crippen LogP contribution in [-0.4, -0.2) is 43.9 Å². The first kappa shape index (κ1) is 25.4. The fourth-order valence-corrected chi connectivity index (χ4v) is 4.67. The number of hydrogen-bond donors (Lipinski definition) is 2. The summed E-state index contributed by atoms with van der Waals surface area (Å²) in [4.78, 5) is 26.1. The average Bonchev–Trinajstić information content (AvgIpc) is 3.05. The summed E-state index contributed by atoms with van der Waals surface area (Å²) in [5.41, 5.74) is 6.17. The monoisotopic (exact) mass is 480 g/mol. The zero-order valence-electron chi connectivity index (χ0n) is 20.6. The van der Waals surface area contributed by atoms with Crippen LogP contribution in [-0.2, 0) is 17.3 Å².